The Bertz CT molecular complexity index is 713. The second kappa shape index (κ2) is 7.56. The van der Waals surface area contributed by atoms with Gasteiger partial charge in [0.25, 0.3) is 5.91 Å². The Morgan fingerprint density at radius 2 is 1.78 bits per heavy atom. The molecule has 1 unspecified atom stereocenters. The summed E-state index contributed by atoms with van der Waals surface area (Å²) in [6.45, 7) is 2.03. The van der Waals surface area contributed by atoms with E-state index in [1.807, 2.05) is 31.2 Å². The average molecular weight is 311 g/mol. The van der Waals surface area contributed by atoms with Crippen LogP contribution in [0.2, 0.25) is 0 Å². The van der Waals surface area contributed by atoms with Crippen molar-refractivity contribution in [2.75, 3.05) is 5.32 Å². The molecule has 0 saturated carbocycles. The van der Waals surface area contributed by atoms with Gasteiger partial charge in [0.2, 0.25) is 5.91 Å². The minimum atomic E-state index is -0.561. The van der Waals surface area contributed by atoms with Crippen LogP contribution in [0.1, 0.15) is 39.6 Å². The predicted molar refractivity (Wildman–Crippen MR) is 91.3 cm³/mol. The quantitative estimate of drug-likeness (QED) is 0.763. The van der Waals surface area contributed by atoms with Crippen molar-refractivity contribution in [3.05, 3.63) is 65.2 Å². The summed E-state index contributed by atoms with van der Waals surface area (Å²) in [4.78, 5) is 23.6. The third-order valence-corrected chi connectivity index (χ3v) is 3.68. The Kier molecular flexibility index (Phi) is 5.49. The zero-order valence-electron chi connectivity index (χ0n) is 13.1. The number of rotatable bonds is 6. The highest BCUT2D eigenvalue weighted by atomic mass is 16.2. The average Bonchev–Trinajstić information content (AvgIpc) is 2.56. The number of nitrogens with two attached hydrogens (primary N) is 2. The van der Waals surface area contributed by atoms with E-state index in [4.69, 9.17) is 11.5 Å². The number of para-hydroxylation sites is 1. The molecule has 2 aromatic carbocycles. The minimum absolute atomic E-state index is 0.0474. The number of hydrogen-bond acceptors (Lipinski definition) is 3. The summed E-state index contributed by atoms with van der Waals surface area (Å²) in [6, 6.07) is 13.9. The number of anilines is 1. The van der Waals surface area contributed by atoms with Crippen molar-refractivity contribution >= 4 is 17.5 Å². The van der Waals surface area contributed by atoms with E-state index in [-0.39, 0.29) is 11.9 Å². The standard InChI is InChI=1S/C18H21N3O2/c1-2-15(19)11-12-6-3-4-9-16(12)21-18(23)14-8-5-7-13(10-14)17(20)22/h3-10,15H,2,11,19H2,1H3,(H2,20,22)(H,21,23). The van der Waals surface area contributed by atoms with E-state index in [0.29, 0.717) is 17.5 Å². The molecule has 5 nitrogen and oxygen atoms in total. The van der Waals surface area contributed by atoms with E-state index < -0.39 is 5.91 Å². The van der Waals surface area contributed by atoms with Crippen molar-refractivity contribution < 1.29 is 9.59 Å². The first kappa shape index (κ1) is 16.7. The molecule has 2 amide bonds. The second-order valence-electron chi connectivity index (χ2n) is 5.43. The van der Waals surface area contributed by atoms with Crippen molar-refractivity contribution in [1.82, 2.24) is 0 Å². The Morgan fingerprint density at radius 1 is 1.09 bits per heavy atom. The SMILES string of the molecule is CCC(N)Cc1ccccc1NC(=O)c1cccc(C(N)=O)c1. The van der Waals surface area contributed by atoms with E-state index in [0.717, 1.165) is 17.7 Å². The van der Waals surface area contributed by atoms with Crippen molar-refractivity contribution in [3.63, 3.8) is 0 Å². The first-order chi connectivity index (χ1) is 11.0. The fourth-order valence-electron chi connectivity index (χ4n) is 2.26. The maximum atomic E-state index is 12.4. The summed E-state index contributed by atoms with van der Waals surface area (Å²) in [5, 5.41) is 2.88. The van der Waals surface area contributed by atoms with Crippen LogP contribution in [0.5, 0.6) is 0 Å². The van der Waals surface area contributed by atoms with Gasteiger partial charge in [-0.05, 0) is 42.7 Å². The molecule has 0 aliphatic heterocycles. The first-order valence-corrected chi connectivity index (χ1v) is 7.56. The van der Waals surface area contributed by atoms with Crippen molar-refractivity contribution in [2.24, 2.45) is 11.5 Å². The lowest BCUT2D eigenvalue weighted by atomic mass is 10.0. The number of nitrogens with one attached hydrogen (secondary N) is 1. The first-order valence-electron chi connectivity index (χ1n) is 7.56. The van der Waals surface area contributed by atoms with Gasteiger partial charge in [-0.15, -0.1) is 0 Å². The van der Waals surface area contributed by atoms with Gasteiger partial charge in [-0.1, -0.05) is 31.2 Å². The molecule has 0 aliphatic rings. The van der Waals surface area contributed by atoms with Gasteiger partial charge in [0.15, 0.2) is 0 Å². The molecule has 0 heterocycles. The molecule has 0 fully saturated rings. The molecule has 0 spiro atoms. The van der Waals surface area contributed by atoms with E-state index in [2.05, 4.69) is 5.32 Å². The predicted octanol–water partition coefficient (Wildman–Crippen LogP) is 2.32. The maximum Gasteiger partial charge on any atom is 0.255 e. The van der Waals surface area contributed by atoms with Crippen LogP contribution in [-0.2, 0) is 6.42 Å². The van der Waals surface area contributed by atoms with Gasteiger partial charge in [-0.25, -0.2) is 0 Å². The molecule has 120 valence electrons. The number of carbonyl (C=O) groups excluding carboxylic acids is 2. The molecule has 0 saturated heterocycles. The van der Waals surface area contributed by atoms with Gasteiger partial charge in [0, 0.05) is 22.9 Å². The van der Waals surface area contributed by atoms with Crippen molar-refractivity contribution in [2.45, 2.75) is 25.8 Å². The highest BCUT2D eigenvalue weighted by Crippen LogP contribution is 2.18. The van der Waals surface area contributed by atoms with E-state index >= 15 is 0 Å². The van der Waals surface area contributed by atoms with Crippen LogP contribution in [0.25, 0.3) is 0 Å². The highest BCUT2D eigenvalue weighted by Gasteiger charge is 2.12. The zero-order chi connectivity index (χ0) is 16.8. The van der Waals surface area contributed by atoms with Crippen LogP contribution in [0.4, 0.5) is 5.69 Å². The Balaban J connectivity index is 2.20. The number of benzene rings is 2. The Morgan fingerprint density at radius 3 is 2.48 bits per heavy atom. The lowest BCUT2D eigenvalue weighted by molar-refractivity contribution is 0.1000. The monoisotopic (exact) mass is 311 g/mol. The van der Waals surface area contributed by atoms with Gasteiger partial charge < -0.3 is 16.8 Å². The van der Waals surface area contributed by atoms with Crippen LogP contribution in [0.3, 0.4) is 0 Å². The minimum Gasteiger partial charge on any atom is -0.366 e. The summed E-state index contributed by atoms with van der Waals surface area (Å²) in [6.07, 6.45) is 1.55. The molecule has 5 heteroatoms. The second-order valence-corrected chi connectivity index (χ2v) is 5.43. The summed E-state index contributed by atoms with van der Waals surface area (Å²) in [5.41, 5.74) is 13.7. The van der Waals surface area contributed by atoms with Gasteiger partial charge >= 0.3 is 0 Å². The topological polar surface area (TPSA) is 98.2 Å². The zero-order valence-corrected chi connectivity index (χ0v) is 13.1. The summed E-state index contributed by atoms with van der Waals surface area (Å²) < 4.78 is 0. The van der Waals surface area contributed by atoms with Crippen LogP contribution in [-0.4, -0.2) is 17.9 Å². The van der Waals surface area contributed by atoms with Gasteiger partial charge in [-0.3, -0.25) is 9.59 Å². The fourth-order valence-corrected chi connectivity index (χ4v) is 2.26. The van der Waals surface area contributed by atoms with E-state index in [9.17, 15) is 9.59 Å². The molecule has 2 rings (SSSR count). The Hall–Kier alpha value is -2.66. The maximum absolute atomic E-state index is 12.4. The van der Waals surface area contributed by atoms with Crippen LogP contribution in [0.15, 0.2) is 48.5 Å². The highest BCUT2D eigenvalue weighted by molar-refractivity contribution is 6.06. The Labute approximate surface area is 135 Å². The summed E-state index contributed by atoms with van der Waals surface area (Å²) >= 11 is 0. The third-order valence-electron chi connectivity index (χ3n) is 3.68. The third kappa shape index (κ3) is 4.40. The lowest BCUT2D eigenvalue weighted by Gasteiger charge is -2.14. The molecule has 0 aromatic heterocycles. The molecular formula is C18H21N3O2. The van der Waals surface area contributed by atoms with Crippen LogP contribution in [0, 0.1) is 0 Å². The van der Waals surface area contributed by atoms with Gasteiger partial charge in [-0.2, -0.15) is 0 Å². The van der Waals surface area contributed by atoms with Crippen molar-refractivity contribution in [1.29, 1.82) is 0 Å². The smallest absolute Gasteiger partial charge is 0.255 e. The molecule has 2 aromatic rings. The fraction of sp³-hybridized carbons (Fsp3) is 0.222. The number of carbonyl (C=O) groups is 2. The molecular weight excluding hydrogens is 290 g/mol. The van der Waals surface area contributed by atoms with Crippen LogP contribution >= 0.6 is 0 Å². The number of amides is 2. The van der Waals surface area contributed by atoms with Gasteiger partial charge in [0.1, 0.15) is 0 Å². The summed E-state index contributed by atoms with van der Waals surface area (Å²) in [7, 11) is 0. The largest absolute Gasteiger partial charge is 0.366 e. The van der Waals surface area contributed by atoms with E-state index in [1.165, 1.54) is 6.07 Å². The summed E-state index contributed by atoms with van der Waals surface area (Å²) in [5.74, 6) is -0.848. The molecule has 0 radical (unpaired) electrons. The van der Waals surface area contributed by atoms with Crippen LogP contribution < -0.4 is 16.8 Å². The molecule has 1 atom stereocenters. The molecule has 5 N–H and O–H groups in total. The van der Waals surface area contributed by atoms with E-state index in [1.54, 1.807) is 18.2 Å². The molecule has 23 heavy (non-hydrogen) atoms. The normalized spacial score (nSPS) is 11.7. The van der Waals surface area contributed by atoms with Crippen molar-refractivity contribution in [3.8, 4) is 0 Å². The van der Waals surface area contributed by atoms with Gasteiger partial charge in [0.05, 0.1) is 0 Å². The number of primary amides is 1. The number of hydrogen-bond donors (Lipinski definition) is 3. The molecule has 0 aliphatic carbocycles. The molecule has 0 bridgehead atoms. The lowest BCUT2D eigenvalue weighted by Crippen LogP contribution is -2.23.